The van der Waals surface area contributed by atoms with Gasteiger partial charge in [-0.05, 0) is 105 Å². The van der Waals surface area contributed by atoms with E-state index in [4.69, 9.17) is 14.2 Å². The number of benzene rings is 3. The number of hydrogen-bond donors (Lipinski definition) is 0. The summed E-state index contributed by atoms with van der Waals surface area (Å²) >= 11 is 0. The Morgan fingerprint density at radius 2 is 0.905 bits per heavy atom. The molecule has 0 unspecified atom stereocenters. The highest BCUT2D eigenvalue weighted by molar-refractivity contribution is 5.38. The van der Waals surface area contributed by atoms with Crippen LogP contribution in [0.3, 0.4) is 0 Å². The lowest BCUT2D eigenvalue weighted by molar-refractivity contribution is 0.236. The Morgan fingerprint density at radius 1 is 0.429 bits per heavy atom. The molecule has 3 aromatic rings. The second-order valence-electron chi connectivity index (χ2n) is 14.8. The second-order valence-corrected chi connectivity index (χ2v) is 14.8. The fraction of sp³-hybridized carbons (Fsp3) is 0.538. The fourth-order valence-corrected chi connectivity index (χ4v) is 4.06. The maximum Gasteiger partial charge on any atom is 0.123 e. The van der Waals surface area contributed by atoms with Crippen molar-refractivity contribution in [1.29, 1.82) is 0 Å². The predicted octanol–water partition coefficient (Wildman–Crippen LogP) is 11.3. The first-order valence-corrected chi connectivity index (χ1v) is 15.5. The van der Waals surface area contributed by atoms with Crippen molar-refractivity contribution in [2.45, 2.75) is 138 Å². The number of ether oxygens (including phenoxy) is 3. The summed E-state index contributed by atoms with van der Waals surface area (Å²) in [6.07, 6.45) is 0.721. The quantitative estimate of drug-likeness (QED) is 0.292. The van der Waals surface area contributed by atoms with Gasteiger partial charge in [-0.1, -0.05) is 105 Å². The van der Waals surface area contributed by atoms with Crippen molar-refractivity contribution in [1.82, 2.24) is 0 Å². The standard InChI is InChI=1S/3C13H20O/c1-10(2)14-12-8-6-11(7-9-12)13(3,4)5;1-10(2)14-12-8-6-7-11(9-12)13(3,4)5;1-10(2)14-12-9-7-6-8-11(12)13(3,4)5/h3*6-10H,1-5H3. The molecule has 0 aromatic heterocycles. The van der Waals surface area contributed by atoms with Crippen LogP contribution < -0.4 is 14.2 Å². The molecule has 0 saturated heterocycles. The van der Waals surface area contributed by atoms with E-state index in [2.05, 4.69) is 119 Å². The first kappa shape index (κ1) is 37.1. The highest BCUT2D eigenvalue weighted by atomic mass is 16.5. The average molecular weight is 577 g/mol. The number of para-hydroxylation sites is 1. The maximum absolute atomic E-state index is 5.77. The van der Waals surface area contributed by atoms with E-state index in [1.807, 2.05) is 58.0 Å². The SMILES string of the molecule is CC(C)Oc1ccc(C(C)(C)C)cc1.CC(C)Oc1cccc(C(C)(C)C)c1.CC(C)Oc1ccccc1C(C)(C)C. The summed E-state index contributed by atoms with van der Waals surface area (Å²) in [5.41, 5.74) is 4.48. The minimum Gasteiger partial charge on any atom is -0.491 e. The summed E-state index contributed by atoms with van der Waals surface area (Å²) in [6, 6.07) is 25.0. The molecule has 0 bridgehead atoms. The first-order valence-electron chi connectivity index (χ1n) is 15.5. The summed E-state index contributed by atoms with van der Waals surface area (Å²) in [5.74, 6) is 2.93. The van der Waals surface area contributed by atoms with Crippen LogP contribution in [0.2, 0.25) is 0 Å². The van der Waals surface area contributed by atoms with Gasteiger partial charge in [0.2, 0.25) is 0 Å². The average Bonchev–Trinajstić information content (AvgIpc) is 2.83. The van der Waals surface area contributed by atoms with Crippen LogP contribution >= 0.6 is 0 Å². The minimum absolute atomic E-state index is 0.144. The molecule has 0 aliphatic rings. The zero-order valence-corrected chi connectivity index (χ0v) is 29.4. The topological polar surface area (TPSA) is 27.7 Å². The Labute approximate surface area is 259 Å². The Kier molecular flexibility index (Phi) is 14.2. The molecule has 0 amide bonds. The minimum atomic E-state index is 0.144. The van der Waals surface area contributed by atoms with Gasteiger partial charge in [0.1, 0.15) is 17.2 Å². The van der Waals surface area contributed by atoms with E-state index in [-0.39, 0.29) is 34.6 Å². The van der Waals surface area contributed by atoms with E-state index >= 15 is 0 Å². The molecule has 0 heterocycles. The molecular weight excluding hydrogens is 516 g/mol. The van der Waals surface area contributed by atoms with Gasteiger partial charge in [-0.25, -0.2) is 0 Å². The lowest BCUT2D eigenvalue weighted by Crippen LogP contribution is -2.15. The van der Waals surface area contributed by atoms with Gasteiger partial charge in [-0.15, -0.1) is 0 Å². The molecule has 0 fully saturated rings. The van der Waals surface area contributed by atoms with E-state index in [9.17, 15) is 0 Å². The Hall–Kier alpha value is -2.94. The molecule has 3 heteroatoms. The van der Waals surface area contributed by atoms with E-state index < -0.39 is 0 Å². The largest absolute Gasteiger partial charge is 0.491 e. The third kappa shape index (κ3) is 14.3. The van der Waals surface area contributed by atoms with E-state index in [0.717, 1.165) is 17.2 Å². The molecule has 0 radical (unpaired) electrons. The Bertz CT molecular complexity index is 1170. The summed E-state index contributed by atoms with van der Waals surface area (Å²) in [6.45, 7) is 32.2. The van der Waals surface area contributed by atoms with Crippen molar-refractivity contribution in [3.8, 4) is 17.2 Å². The van der Waals surface area contributed by atoms with Gasteiger partial charge in [-0.2, -0.15) is 0 Å². The lowest BCUT2D eigenvalue weighted by Gasteiger charge is -2.23. The Morgan fingerprint density at radius 3 is 1.36 bits per heavy atom. The number of hydrogen-bond acceptors (Lipinski definition) is 3. The van der Waals surface area contributed by atoms with Gasteiger partial charge in [-0.3, -0.25) is 0 Å². The van der Waals surface area contributed by atoms with Gasteiger partial charge in [0.05, 0.1) is 18.3 Å². The summed E-state index contributed by atoms with van der Waals surface area (Å²) in [4.78, 5) is 0. The predicted molar refractivity (Wildman–Crippen MR) is 183 cm³/mol. The highest BCUT2D eigenvalue weighted by Crippen LogP contribution is 2.31. The molecular formula is C39H60O3. The third-order valence-corrected chi connectivity index (χ3v) is 6.22. The van der Waals surface area contributed by atoms with Crippen molar-refractivity contribution in [3.05, 3.63) is 89.5 Å². The zero-order chi connectivity index (χ0) is 32.3. The molecule has 0 saturated carbocycles. The van der Waals surface area contributed by atoms with Gasteiger partial charge in [0.25, 0.3) is 0 Å². The van der Waals surface area contributed by atoms with Crippen LogP contribution in [0, 0.1) is 0 Å². The van der Waals surface area contributed by atoms with Crippen molar-refractivity contribution in [2.24, 2.45) is 0 Å². The Balaban J connectivity index is 0.000000315. The second kappa shape index (κ2) is 16.1. The summed E-state index contributed by atoms with van der Waals surface area (Å²) in [7, 11) is 0. The van der Waals surface area contributed by atoms with Crippen LogP contribution in [0.1, 0.15) is 121 Å². The van der Waals surface area contributed by atoms with Crippen molar-refractivity contribution < 1.29 is 14.2 Å². The number of rotatable bonds is 6. The van der Waals surface area contributed by atoms with Gasteiger partial charge in [0.15, 0.2) is 0 Å². The van der Waals surface area contributed by atoms with E-state index in [0.29, 0.717) is 0 Å². The maximum atomic E-state index is 5.77. The molecule has 0 aliphatic carbocycles. The van der Waals surface area contributed by atoms with E-state index in [1.165, 1.54) is 16.7 Å². The summed E-state index contributed by atoms with van der Waals surface area (Å²) in [5, 5.41) is 0. The van der Waals surface area contributed by atoms with Crippen molar-refractivity contribution in [3.63, 3.8) is 0 Å². The first-order chi connectivity index (χ1) is 19.2. The van der Waals surface area contributed by atoms with Crippen LogP contribution in [0.5, 0.6) is 17.2 Å². The molecule has 3 rings (SSSR count). The molecule has 0 atom stereocenters. The van der Waals surface area contributed by atoms with Crippen LogP contribution in [-0.4, -0.2) is 18.3 Å². The molecule has 3 aromatic carbocycles. The van der Waals surface area contributed by atoms with Gasteiger partial charge >= 0.3 is 0 Å². The monoisotopic (exact) mass is 576 g/mol. The fourth-order valence-electron chi connectivity index (χ4n) is 4.06. The summed E-state index contributed by atoms with van der Waals surface area (Å²) < 4.78 is 17.0. The van der Waals surface area contributed by atoms with Crippen molar-refractivity contribution >= 4 is 0 Å². The molecule has 0 N–H and O–H groups in total. The highest BCUT2D eigenvalue weighted by Gasteiger charge is 2.18. The zero-order valence-electron chi connectivity index (χ0n) is 29.4. The van der Waals surface area contributed by atoms with Crippen LogP contribution in [0.4, 0.5) is 0 Å². The molecule has 42 heavy (non-hydrogen) atoms. The van der Waals surface area contributed by atoms with Crippen LogP contribution in [0.15, 0.2) is 72.8 Å². The van der Waals surface area contributed by atoms with Gasteiger partial charge in [0, 0.05) is 0 Å². The normalized spacial score (nSPS) is 11.9. The van der Waals surface area contributed by atoms with Gasteiger partial charge < -0.3 is 14.2 Å². The molecule has 234 valence electrons. The molecule has 3 nitrogen and oxygen atoms in total. The smallest absolute Gasteiger partial charge is 0.123 e. The van der Waals surface area contributed by atoms with E-state index in [1.54, 1.807) is 0 Å². The third-order valence-electron chi connectivity index (χ3n) is 6.22. The van der Waals surface area contributed by atoms with Crippen LogP contribution in [-0.2, 0) is 16.2 Å². The van der Waals surface area contributed by atoms with Crippen molar-refractivity contribution in [2.75, 3.05) is 0 Å². The molecule has 0 spiro atoms. The lowest BCUT2D eigenvalue weighted by atomic mass is 9.86. The van der Waals surface area contributed by atoms with Crippen LogP contribution in [0.25, 0.3) is 0 Å². The molecule has 0 aliphatic heterocycles.